The quantitative estimate of drug-likeness (QED) is 0.628. The molecule has 0 saturated carbocycles. The summed E-state index contributed by atoms with van der Waals surface area (Å²) in [7, 11) is 0. The molecule has 3 N–H and O–H groups in total. The van der Waals surface area contributed by atoms with E-state index in [0.717, 1.165) is 10.8 Å². The van der Waals surface area contributed by atoms with Crippen molar-refractivity contribution in [3.8, 4) is 0 Å². The van der Waals surface area contributed by atoms with Gasteiger partial charge in [-0.05, 0) is 36.1 Å². The number of H-pyrrole nitrogens is 1. The fourth-order valence-electron chi connectivity index (χ4n) is 2.68. The van der Waals surface area contributed by atoms with Crippen molar-refractivity contribution < 1.29 is 14.7 Å². The number of pyridine rings is 1. The van der Waals surface area contributed by atoms with Gasteiger partial charge in [0.15, 0.2) is 0 Å². The van der Waals surface area contributed by atoms with Crippen LogP contribution >= 0.6 is 0 Å². The first-order chi connectivity index (χ1) is 11.5. The molecule has 0 bridgehead atoms. The van der Waals surface area contributed by atoms with E-state index < -0.39 is 5.97 Å². The van der Waals surface area contributed by atoms with Crippen LogP contribution in [0.1, 0.15) is 19.3 Å². The van der Waals surface area contributed by atoms with E-state index in [9.17, 15) is 14.4 Å². The molecule has 1 aromatic heterocycles. The van der Waals surface area contributed by atoms with Gasteiger partial charge in [-0.3, -0.25) is 14.4 Å². The lowest BCUT2D eigenvalue weighted by molar-refractivity contribution is -0.137. The average molecular weight is 324 g/mol. The monoisotopic (exact) mass is 324 g/mol. The molecule has 6 heteroatoms. The number of aromatic amines is 1. The Bertz CT molecular complexity index is 991. The minimum atomic E-state index is -0.913. The fourth-order valence-corrected chi connectivity index (χ4v) is 2.68. The van der Waals surface area contributed by atoms with Crippen molar-refractivity contribution >= 4 is 39.2 Å². The number of carboxylic acids is 1. The van der Waals surface area contributed by atoms with Crippen LogP contribution in [0.3, 0.4) is 0 Å². The number of aromatic nitrogens is 1. The van der Waals surface area contributed by atoms with Crippen molar-refractivity contribution in [3.63, 3.8) is 0 Å². The largest absolute Gasteiger partial charge is 0.481 e. The second kappa shape index (κ2) is 6.54. The highest BCUT2D eigenvalue weighted by Gasteiger charge is 2.08. The second-order valence-corrected chi connectivity index (χ2v) is 5.56. The number of hydrogen-bond donors (Lipinski definition) is 3. The average Bonchev–Trinajstić information content (AvgIpc) is 2.55. The van der Waals surface area contributed by atoms with Crippen LogP contribution in [-0.4, -0.2) is 22.0 Å². The summed E-state index contributed by atoms with van der Waals surface area (Å²) in [6, 6.07) is 12.5. The predicted molar refractivity (Wildman–Crippen MR) is 92.2 cm³/mol. The van der Waals surface area contributed by atoms with Crippen molar-refractivity contribution in [2.45, 2.75) is 19.3 Å². The number of rotatable bonds is 5. The Morgan fingerprint density at radius 1 is 1.00 bits per heavy atom. The number of fused-ring (bicyclic) bond motifs is 3. The van der Waals surface area contributed by atoms with Crippen LogP contribution in [0.5, 0.6) is 0 Å². The van der Waals surface area contributed by atoms with E-state index in [1.165, 1.54) is 0 Å². The minimum Gasteiger partial charge on any atom is -0.481 e. The highest BCUT2D eigenvalue weighted by Crippen LogP contribution is 2.24. The van der Waals surface area contributed by atoms with E-state index in [-0.39, 0.29) is 24.3 Å². The minimum absolute atomic E-state index is 0.0307. The first kappa shape index (κ1) is 15.7. The first-order valence-electron chi connectivity index (χ1n) is 7.61. The molecule has 0 saturated heterocycles. The summed E-state index contributed by atoms with van der Waals surface area (Å²) in [6.45, 7) is 0. The summed E-state index contributed by atoms with van der Waals surface area (Å²) >= 11 is 0. The number of carboxylic acid groups (broad SMARTS) is 1. The molecule has 0 aliphatic heterocycles. The maximum Gasteiger partial charge on any atom is 0.303 e. The molecule has 6 nitrogen and oxygen atoms in total. The van der Waals surface area contributed by atoms with E-state index in [2.05, 4.69) is 10.3 Å². The van der Waals surface area contributed by atoms with E-state index in [0.29, 0.717) is 23.0 Å². The number of aliphatic carboxylic acids is 1. The van der Waals surface area contributed by atoms with Crippen LogP contribution in [0, 0.1) is 0 Å². The molecule has 3 rings (SSSR count). The van der Waals surface area contributed by atoms with Crippen LogP contribution in [0.2, 0.25) is 0 Å². The van der Waals surface area contributed by atoms with Gasteiger partial charge in [-0.2, -0.15) is 0 Å². The summed E-state index contributed by atoms with van der Waals surface area (Å²) < 4.78 is 0. The highest BCUT2D eigenvalue weighted by molar-refractivity contribution is 6.07. The fraction of sp³-hybridized carbons (Fsp3) is 0.167. The number of hydrogen-bond acceptors (Lipinski definition) is 3. The highest BCUT2D eigenvalue weighted by atomic mass is 16.4. The Hall–Kier alpha value is -3.15. The second-order valence-electron chi connectivity index (χ2n) is 5.56. The summed E-state index contributed by atoms with van der Waals surface area (Å²) in [6.07, 6.45) is 0.415. The Balaban J connectivity index is 1.89. The molecule has 24 heavy (non-hydrogen) atoms. The van der Waals surface area contributed by atoms with Crippen molar-refractivity contribution in [3.05, 3.63) is 52.8 Å². The van der Waals surface area contributed by atoms with Gasteiger partial charge in [-0.1, -0.05) is 18.2 Å². The Kier molecular flexibility index (Phi) is 4.29. The number of carbonyl (C=O) groups excluding carboxylic acids is 1. The van der Waals surface area contributed by atoms with Gasteiger partial charge in [0.1, 0.15) is 0 Å². The Morgan fingerprint density at radius 2 is 1.75 bits per heavy atom. The topological polar surface area (TPSA) is 99.3 Å². The normalized spacial score (nSPS) is 10.8. The number of benzene rings is 2. The molecule has 0 atom stereocenters. The zero-order valence-corrected chi connectivity index (χ0v) is 12.8. The molecule has 122 valence electrons. The molecule has 1 amide bonds. The maximum atomic E-state index is 12.1. The van der Waals surface area contributed by atoms with E-state index in [4.69, 9.17) is 5.11 Å². The van der Waals surface area contributed by atoms with Crippen molar-refractivity contribution in [2.24, 2.45) is 0 Å². The molecule has 0 unspecified atom stereocenters. The van der Waals surface area contributed by atoms with Gasteiger partial charge in [-0.25, -0.2) is 0 Å². The lowest BCUT2D eigenvalue weighted by atomic mass is 10.1. The van der Waals surface area contributed by atoms with Gasteiger partial charge in [-0.15, -0.1) is 0 Å². The van der Waals surface area contributed by atoms with Gasteiger partial charge < -0.3 is 15.4 Å². The summed E-state index contributed by atoms with van der Waals surface area (Å²) in [5, 5.41) is 13.6. The standard InChI is InChI=1S/C18H16N2O4/c21-16(6-3-7-17(22)23)19-11-8-9-15-14(10-11)12-4-1-2-5-13(12)18(24)20-15/h1-2,4-5,8-10H,3,6-7H2,(H,19,21)(H,20,24)(H,22,23). The lowest BCUT2D eigenvalue weighted by Gasteiger charge is -2.08. The molecule has 0 fully saturated rings. The van der Waals surface area contributed by atoms with E-state index in [1.807, 2.05) is 18.2 Å². The third-order valence-electron chi connectivity index (χ3n) is 3.81. The molecule has 2 aromatic carbocycles. The number of carbonyl (C=O) groups is 2. The molecule has 0 spiro atoms. The van der Waals surface area contributed by atoms with Crippen molar-refractivity contribution in [1.29, 1.82) is 0 Å². The zero-order valence-electron chi connectivity index (χ0n) is 12.8. The number of amides is 1. The van der Waals surface area contributed by atoms with Crippen molar-refractivity contribution in [2.75, 3.05) is 5.32 Å². The van der Waals surface area contributed by atoms with E-state index >= 15 is 0 Å². The summed E-state index contributed by atoms with van der Waals surface area (Å²) in [5.41, 5.74) is 1.16. The number of nitrogens with one attached hydrogen (secondary N) is 2. The summed E-state index contributed by atoms with van der Waals surface area (Å²) in [5.74, 6) is -1.15. The van der Waals surface area contributed by atoms with Crippen LogP contribution < -0.4 is 10.9 Å². The van der Waals surface area contributed by atoms with Gasteiger partial charge in [0.05, 0.1) is 0 Å². The molecule has 1 heterocycles. The Morgan fingerprint density at radius 3 is 2.50 bits per heavy atom. The Labute approximate surface area is 137 Å². The maximum absolute atomic E-state index is 12.1. The lowest BCUT2D eigenvalue weighted by Crippen LogP contribution is -2.12. The van der Waals surface area contributed by atoms with Crippen molar-refractivity contribution in [1.82, 2.24) is 4.98 Å². The van der Waals surface area contributed by atoms with Gasteiger partial charge >= 0.3 is 5.97 Å². The molecule has 0 radical (unpaired) electrons. The van der Waals surface area contributed by atoms with Crippen LogP contribution in [0.4, 0.5) is 5.69 Å². The van der Waals surface area contributed by atoms with Crippen LogP contribution in [-0.2, 0) is 9.59 Å². The summed E-state index contributed by atoms with van der Waals surface area (Å²) in [4.78, 5) is 37.2. The van der Waals surface area contributed by atoms with Crippen LogP contribution in [0.25, 0.3) is 21.7 Å². The predicted octanol–water partition coefficient (Wildman–Crippen LogP) is 2.87. The van der Waals surface area contributed by atoms with Gasteiger partial charge in [0.25, 0.3) is 5.56 Å². The molecular weight excluding hydrogens is 308 g/mol. The molecule has 0 aliphatic rings. The van der Waals surface area contributed by atoms with Gasteiger partial charge in [0, 0.05) is 34.8 Å². The third kappa shape index (κ3) is 3.27. The molecular formula is C18H16N2O4. The van der Waals surface area contributed by atoms with Gasteiger partial charge in [0.2, 0.25) is 5.91 Å². The van der Waals surface area contributed by atoms with E-state index in [1.54, 1.807) is 24.3 Å². The number of anilines is 1. The smallest absolute Gasteiger partial charge is 0.303 e. The molecule has 3 aromatic rings. The SMILES string of the molecule is O=C(O)CCCC(=O)Nc1ccc2[nH]c(=O)c3ccccc3c2c1. The first-order valence-corrected chi connectivity index (χ1v) is 7.61. The zero-order chi connectivity index (χ0) is 17.1. The molecule has 0 aliphatic carbocycles. The third-order valence-corrected chi connectivity index (χ3v) is 3.81. The van der Waals surface area contributed by atoms with Crippen LogP contribution in [0.15, 0.2) is 47.3 Å².